The minimum atomic E-state index is -1.56. The van der Waals surface area contributed by atoms with E-state index in [1.807, 2.05) is 0 Å². The Hall–Kier alpha value is -2.31. The molecule has 0 aromatic heterocycles. The predicted octanol–water partition coefficient (Wildman–Crippen LogP) is 0.704. The van der Waals surface area contributed by atoms with Crippen LogP contribution in [0.5, 0.6) is 11.5 Å². The number of phenols is 2. The third kappa shape index (κ3) is 1.56. The molecule has 1 aromatic rings. The zero-order valence-electron chi connectivity index (χ0n) is 6.67. The molecule has 7 heteroatoms. The molecule has 0 spiro atoms. The van der Waals surface area contributed by atoms with Gasteiger partial charge in [-0.25, -0.2) is 4.79 Å². The summed E-state index contributed by atoms with van der Waals surface area (Å²) in [6, 6.07) is 1.31. The molecular formula is C7H5NO6. The van der Waals surface area contributed by atoms with Gasteiger partial charge in [0.25, 0.3) is 5.69 Å². The smallest absolute Gasteiger partial charge is 0.343 e. The molecular weight excluding hydrogens is 194 g/mol. The first-order valence-corrected chi connectivity index (χ1v) is 3.37. The van der Waals surface area contributed by atoms with Gasteiger partial charge in [-0.3, -0.25) is 10.1 Å². The number of hydrogen-bond acceptors (Lipinski definition) is 5. The van der Waals surface area contributed by atoms with Crippen molar-refractivity contribution >= 4 is 11.7 Å². The molecule has 7 nitrogen and oxygen atoms in total. The highest BCUT2D eigenvalue weighted by Crippen LogP contribution is 2.31. The number of nitro groups is 1. The van der Waals surface area contributed by atoms with Gasteiger partial charge in [-0.1, -0.05) is 0 Å². The molecule has 0 atom stereocenters. The zero-order chi connectivity index (χ0) is 10.9. The molecule has 0 saturated heterocycles. The summed E-state index contributed by atoms with van der Waals surface area (Å²) in [5, 5.41) is 36.8. The Morgan fingerprint density at radius 3 is 2.00 bits per heavy atom. The molecule has 0 radical (unpaired) electrons. The maximum absolute atomic E-state index is 10.4. The van der Waals surface area contributed by atoms with E-state index < -0.39 is 33.6 Å². The third-order valence-electron chi connectivity index (χ3n) is 1.51. The van der Waals surface area contributed by atoms with E-state index in [4.69, 9.17) is 15.3 Å². The number of carboxylic acid groups (broad SMARTS) is 1. The second-order valence-electron chi connectivity index (χ2n) is 2.42. The van der Waals surface area contributed by atoms with Crippen LogP contribution in [0.25, 0.3) is 0 Å². The van der Waals surface area contributed by atoms with E-state index in [0.29, 0.717) is 12.1 Å². The standard InChI is InChI=1S/C7H5NO6/c9-4-1-3(8(13)14)2-5(10)6(4)7(11)12/h1-2,9-10H,(H,11,12). The monoisotopic (exact) mass is 199 g/mol. The van der Waals surface area contributed by atoms with Crippen LogP contribution < -0.4 is 0 Å². The summed E-state index contributed by atoms with van der Waals surface area (Å²) in [7, 11) is 0. The van der Waals surface area contributed by atoms with Crippen LogP contribution in [-0.2, 0) is 0 Å². The number of aromatic hydroxyl groups is 2. The number of nitrogens with zero attached hydrogens (tertiary/aromatic N) is 1. The van der Waals surface area contributed by atoms with Crippen LogP contribution in [0.1, 0.15) is 10.4 Å². The molecule has 0 amide bonds. The highest BCUT2D eigenvalue weighted by Gasteiger charge is 2.20. The highest BCUT2D eigenvalue weighted by atomic mass is 16.6. The number of rotatable bonds is 2. The first-order valence-electron chi connectivity index (χ1n) is 3.37. The molecule has 0 aliphatic carbocycles. The van der Waals surface area contributed by atoms with Crippen LogP contribution in [0.15, 0.2) is 12.1 Å². The predicted molar refractivity (Wildman–Crippen MR) is 43.4 cm³/mol. The average Bonchev–Trinajstić information content (AvgIpc) is 2.01. The number of nitro benzene ring substituents is 1. The summed E-state index contributed by atoms with van der Waals surface area (Å²) in [4.78, 5) is 19.8. The SMILES string of the molecule is O=C(O)c1c(O)cc([N+](=O)[O-])cc1O. The van der Waals surface area contributed by atoms with Gasteiger partial charge in [-0.05, 0) is 0 Å². The summed E-state index contributed by atoms with van der Waals surface area (Å²) >= 11 is 0. The Morgan fingerprint density at radius 2 is 1.71 bits per heavy atom. The number of benzene rings is 1. The summed E-state index contributed by atoms with van der Waals surface area (Å²) in [5.41, 5.74) is -1.33. The first kappa shape index (κ1) is 9.78. The van der Waals surface area contributed by atoms with Crippen molar-refractivity contribution in [2.24, 2.45) is 0 Å². The van der Waals surface area contributed by atoms with Gasteiger partial charge in [0, 0.05) is 0 Å². The van der Waals surface area contributed by atoms with E-state index in [1.54, 1.807) is 0 Å². The molecule has 74 valence electrons. The fraction of sp³-hybridized carbons (Fsp3) is 0. The fourth-order valence-electron chi connectivity index (χ4n) is 0.922. The van der Waals surface area contributed by atoms with E-state index in [1.165, 1.54) is 0 Å². The topological polar surface area (TPSA) is 121 Å². The molecule has 0 unspecified atom stereocenters. The molecule has 0 heterocycles. The summed E-state index contributed by atoms with van der Waals surface area (Å²) in [6.07, 6.45) is 0. The number of carboxylic acids is 1. The molecule has 1 rings (SSSR count). The Balaban J connectivity index is 3.39. The van der Waals surface area contributed by atoms with Crippen molar-refractivity contribution in [3.8, 4) is 11.5 Å². The molecule has 1 aromatic carbocycles. The summed E-state index contributed by atoms with van der Waals surface area (Å²) < 4.78 is 0. The number of carbonyl (C=O) groups is 1. The van der Waals surface area contributed by atoms with Gasteiger partial charge in [-0.15, -0.1) is 0 Å². The van der Waals surface area contributed by atoms with Crippen LogP contribution in [-0.4, -0.2) is 26.2 Å². The van der Waals surface area contributed by atoms with E-state index in [9.17, 15) is 14.9 Å². The third-order valence-corrected chi connectivity index (χ3v) is 1.51. The van der Waals surface area contributed by atoms with Gasteiger partial charge in [-0.2, -0.15) is 0 Å². The molecule has 0 aliphatic rings. The molecule has 0 bridgehead atoms. The number of hydrogen-bond donors (Lipinski definition) is 3. The van der Waals surface area contributed by atoms with Gasteiger partial charge in [0.2, 0.25) is 0 Å². The van der Waals surface area contributed by atoms with Crippen molar-refractivity contribution < 1.29 is 25.0 Å². The van der Waals surface area contributed by atoms with Crippen LogP contribution >= 0.6 is 0 Å². The maximum Gasteiger partial charge on any atom is 0.343 e. The Bertz CT molecular complexity index is 390. The van der Waals surface area contributed by atoms with Crippen molar-refractivity contribution in [3.05, 3.63) is 27.8 Å². The van der Waals surface area contributed by atoms with Crippen LogP contribution in [0.3, 0.4) is 0 Å². The van der Waals surface area contributed by atoms with Crippen molar-refractivity contribution in [1.29, 1.82) is 0 Å². The van der Waals surface area contributed by atoms with E-state index in [-0.39, 0.29) is 0 Å². The molecule has 0 saturated carbocycles. The molecule has 14 heavy (non-hydrogen) atoms. The largest absolute Gasteiger partial charge is 0.507 e. The zero-order valence-corrected chi connectivity index (χ0v) is 6.67. The van der Waals surface area contributed by atoms with E-state index in [2.05, 4.69) is 0 Å². The molecule has 0 fully saturated rings. The second kappa shape index (κ2) is 3.21. The van der Waals surface area contributed by atoms with E-state index >= 15 is 0 Å². The Labute approximate surface area is 77.0 Å². The molecule has 3 N–H and O–H groups in total. The van der Waals surface area contributed by atoms with Gasteiger partial charge >= 0.3 is 5.97 Å². The highest BCUT2D eigenvalue weighted by molar-refractivity contribution is 5.94. The summed E-state index contributed by atoms with van der Waals surface area (Å²) in [6.45, 7) is 0. The van der Waals surface area contributed by atoms with Gasteiger partial charge in [0.15, 0.2) is 0 Å². The van der Waals surface area contributed by atoms with E-state index in [0.717, 1.165) is 0 Å². The van der Waals surface area contributed by atoms with Gasteiger partial charge in [0.05, 0.1) is 17.1 Å². The van der Waals surface area contributed by atoms with Gasteiger partial charge in [0.1, 0.15) is 17.1 Å². The lowest BCUT2D eigenvalue weighted by atomic mass is 10.1. The normalized spacial score (nSPS) is 9.71. The maximum atomic E-state index is 10.4. The fourth-order valence-corrected chi connectivity index (χ4v) is 0.922. The van der Waals surface area contributed by atoms with Crippen molar-refractivity contribution in [1.82, 2.24) is 0 Å². The summed E-state index contributed by atoms with van der Waals surface area (Å²) in [5.74, 6) is -3.25. The average molecular weight is 199 g/mol. The number of non-ortho nitro benzene ring substituents is 1. The first-order chi connectivity index (χ1) is 6.43. The van der Waals surface area contributed by atoms with Crippen molar-refractivity contribution in [2.75, 3.05) is 0 Å². The second-order valence-corrected chi connectivity index (χ2v) is 2.42. The van der Waals surface area contributed by atoms with Crippen molar-refractivity contribution in [2.45, 2.75) is 0 Å². The lowest BCUT2D eigenvalue weighted by Crippen LogP contribution is -1.98. The minimum Gasteiger partial charge on any atom is -0.507 e. The lowest BCUT2D eigenvalue weighted by molar-refractivity contribution is -0.385. The van der Waals surface area contributed by atoms with Crippen LogP contribution in [0.2, 0.25) is 0 Å². The van der Waals surface area contributed by atoms with Crippen LogP contribution in [0.4, 0.5) is 5.69 Å². The van der Waals surface area contributed by atoms with Gasteiger partial charge < -0.3 is 15.3 Å². The van der Waals surface area contributed by atoms with Crippen molar-refractivity contribution in [3.63, 3.8) is 0 Å². The Morgan fingerprint density at radius 1 is 1.29 bits per heavy atom. The Kier molecular flexibility index (Phi) is 2.24. The van der Waals surface area contributed by atoms with Crippen LogP contribution in [0, 0.1) is 10.1 Å². The minimum absolute atomic E-state index is 0.579. The molecule has 0 aliphatic heterocycles. The number of aromatic carboxylic acids is 1. The lowest BCUT2D eigenvalue weighted by Gasteiger charge is -2.01. The quantitative estimate of drug-likeness (QED) is 0.476.